The summed E-state index contributed by atoms with van der Waals surface area (Å²) < 4.78 is 10.3. The van der Waals surface area contributed by atoms with Crippen molar-refractivity contribution in [2.75, 3.05) is 32.3 Å². The molecule has 0 aliphatic heterocycles. The molecule has 0 bridgehead atoms. The number of nitrogen functional groups attached to an aromatic ring is 1. The van der Waals surface area contributed by atoms with E-state index < -0.39 is 0 Å². The zero-order valence-corrected chi connectivity index (χ0v) is 10.7. The van der Waals surface area contributed by atoms with Crippen LogP contribution in [0.5, 0.6) is 5.75 Å². The maximum atomic E-state index is 5.75. The molecule has 16 heavy (non-hydrogen) atoms. The number of hydrogen-bond donors (Lipinski definition) is 1. The van der Waals surface area contributed by atoms with Gasteiger partial charge in [0.1, 0.15) is 5.75 Å². The van der Waals surface area contributed by atoms with Gasteiger partial charge in [0, 0.05) is 30.7 Å². The van der Waals surface area contributed by atoms with Crippen molar-refractivity contribution in [3.63, 3.8) is 0 Å². The summed E-state index contributed by atoms with van der Waals surface area (Å²) in [4.78, 5) is 0. The second kappa shape index (κ2) is 7.41. The average molecular weight is 241 g/mol. The van der Waals surface area contributed by atoms with Gasteiger partial charge >= 0.3 is 0 Å². The fourth-order valence-corrected chi connectivity index (χ4v) is 2.31. The third kappa shape index (κ3) is 4.33. The summed E-state index contributed by atoms with van der Waals surface area (Å²) in [6.45, 7) is 0.820. The van der Waals surface area contributed by atoms with Crippen molar-refractivity contribution < 1.29 is 9.47 Å². The Bertz CT molecular complexity index is 318. The van der Waals surface area contributed by atoms with Crippen LogP contribution in [0.4, 0.5) is 5.69 Å². The highest BCUT2D eigenvalue weighted by molar-refractivity contribution is 7.98. The van der Waals surface area contributed by atoms with E-state index in [2.05, 4.69) is 0 Å². The van der Waals surface area contributed by atoms with Crippen LogP contribution >= 0.6 is 11.8 Å². The first-order valence-corrected chi connectivity index (χ1v) is 6.42. The van der Waals surface area contributed by atoms with Gasteiger partial charge in [-0.1, -0.05) is 0 Å². The summed E-state index contributed by atoms with van der Waals surface area (Å²) in [5, 5.41) is 0. The minimum absolute atomic E-state index is 0.785. The van der Waals surface area contributed by atoms with E-state index in [0.717, 1.165) is 41.5 Å². The Labute approximate surface area is 101 Å². The molecule has 4 heteroatoms. The van der Waals surface area contributed by atoms with Gasteiger partial charge in [-0.05, 0) is 30.4 Å². The molecule has 0 saturated heterocycles. The second-order valence-corrected chi connectivity index (χ2v) is 4.58. The van der Waals surface area contributed by atoms with Crippen LogP contribution in [0.2, 0.25) is 0 Å². The van der Waals surface area contributed by atoms with Gasteiger partial charge in [-0.15, -0.1) is 0 Å². The van der Waals surface area contributed by atoms with Gasteiger partial charge in [-0.2, -0.15) is 11.8 Å². The summed E-state index contributed by atoms with van der Waals surface area (Å²) in [6.07, 6.45) is 1.08. The molecule has 1 rings (SSSR count). The minimum atomic E-state index is 0.785. The summed E-state index contributed by atoms with van der Waals surface area (Å²) in [7, 11) is 3.41. The van der Waals surface area contributed by atoms with Gasteiger partial charge in [0.2, 0.25) is 0 Å². The van der Waals surface area contributed by atoms with Crippen molar-refractivity contribution in [3.05, 3.63) is 23.8 Å². The predicted molar refractivity (Wildman–Crippen MR) is 70.1 cm³/mol. The van der Waals surface area contributed by atoms with Crippen LogP contribution in [-0.2, 0) is 10.5 Å². The molecule has 0 aliphatic rings. The summed E-state index contributed by atoms with van der Waals surface area (Å²) in [5.74, 6) is 2.93. The monoisotopic (exact) mass is 241 g/mol. The molecule has 0 aliphatic carbocycles. The van der Waals surface area contributed by atoms with Crippen molar-refractivity contribution >= 4 is 17.4 Å². The van der Waals surface area contributed by atoms with Crippen molar-refractivity contribution in [1.82, 2.24) is 0 Å². The quantitative estimate of drug-likeness (QED) is 0.588. The normalized spacial score (nSPS) is 10.4. The van der Waals surface area contributed by atoms with E-state index in [9.17, 15) is 0 Å². The van der Waals surface area contributed by atoms with E-state index in [-0.39, 0.29) is 0 Å². The lowest BCUT2D eigenvalue weighted by Crippen LogP contribution is -1.95. The molecule has 1 aromatic carbocycles. The van der Waals surface area contributed by atoms with Crippen LogP contribution in [-0.4, -0.2) is 26.6 Å². The van der Waals surface area contributed by atoms with Gasteiger partial charge in [-0.25, -0.2) is 0 Å². The van der Waals surface area contributed by atoms with Gasteiger partial charge < -0.3 is 15.2 Å². The Morgan fingerprint density at radius 2 is 2.12 bits per heavy atom. The molecular formula is C12H19NO2S. The third-order valence-corrected chi connectivity index (χ3v) is 3.29. The molecule has 1 aromatic rings. The standard InChI is InChI=1S/C12H19NO2S/c1-14-6-3-7-16-9-10-8-11(13)4-5-12(10)15-2/h4-5,8H,3,6-7,9,13H2,1-2H3. The fraction of sp³-hybridized carbons (Fsp3) is 0.500. The highest BCUT2D eigenvalue weighted by atomic mass is 32.2. The van der Waals surface area contributed by atoms with E-state index in [1.165, 1.54) is 0 Å². The molecule has 90 valence electrons. The first-order chi connectivity index (χ1) is 7.77. The molecule has 0 aromatic heterocycles. The Morgan fingerprint density at radius 1 is 1.31 bits per heavy atom. The maximum absolute atomic E-state index is 5.75. The molecule has 0 unspecified atom stereocenters. The van der Waals surface area contributed by atoms with Gasteiger partial charge in [0.15, 0.2) is 0 Å². The Hall–Kier alpha value is -0.870. The molecule has 0 atom stereocenters. The molecule has 0 heterocycles. The van der Waals surface area contributed by atoms with Crippen LogP contribution in [0.3, 0.4) is 0 Å². The summed E-state index contributed by atoms with van der Waals surface area (Å²) in [5.41, 5.74) is 7.69. The zero-order chi connectivity index (χ0) is 11.8. The molecule has 0 spiro atoms. The number of benzene rings is 1. The Kier molecular flexibility index (Phi) is 6.11. The van der Waals surface area contributed by atoms with E-state index in [1.54, 1.807) is 14.2 Å². The van der Waals surface area contributed by atoms with E-state index in [4.69, 9.17) is 15.2 Å². The zero-order valence-electron chi connectivity index (χ0n) is 9.86. The predicted octanol–water partition coefficient (Wildman–Crippen LogP) is 2.55. The van der Waals surface area contributed by atoms with E-state index in [1.807, 2.05) is 30.0 Å². The second-order valence-electron chi connectivity index (χ2n) is 3.47. The molecule has 3 nitrogen and oxygen atoms in total. The molecule has 0 radical (unpaired) electrons. The number of ether oxygens (including phenoxy) is 2. The topological polar surface area (TPSA) is 44.5 Å². The number of thioether (sulfide) groups is 1. The molecule has 2 N–H and O–H groups in total. The Morgan fingerprint density at radius 3 is 2.81 bits per heavy atom. The third-order valence-electron chi connectivity index (χ3n) is 2.20. The molecule has 0 amide bonds. The highest BCUT2D eigenvalue weighted by Gasteiger charge is 2.03. The number of anilines is 1. The number of hydrogen-bond acceptors (Lipinski definition) is 4. The van der Waals surface area contributed by atoms with Gasteiger partial charge in [0.05, 0.1) is 7.11 Å². The smallest absolute Gasteiger partial charge is 0.123 e. The Balaban J connectivity index is 2.42. The summed E-state index contributed by atoms with van der Waals surface area (Å²) >= 11 is 1.87. The lowest BCUT2D eigenvalue weighted by molar-refractivity contribution is 0.200. The van der Waals surface area contributed by atoms with E-state index >= 15 is 0 Å². The van der Waals surface area contributed by atoms with Gasteiger partial charge in [-0.3, -0.25) is 0 Å². The molecular weight excluding hydrogens is 222 g/mol. The SMILES string of the molecule is COCCCSCc1cc(N)ccc1OC. The maximum Gasteiger partial charge on any atom is 0.123 e. The van der Waals surface area contributed by atoms with Crippen molar-refractivity contribution in [1.29, 1.82) is 0 Å². The van der Waals surface area contributed by atoms with E-state index in [0.29, 0.717) is 0 Å². The van der Waals surface area contributed by atoms with Crippen molar-refractivity contribution in [2.45, 2.75) is 12.2 Å². The van der Waals surface area contributed by atoms with Crippen molar-refractivity contribution in [2.24, 2.45) is 0 Å². The molecule has 0 fully saturated rings. The van der Waals surface area contributed by atoms with Crippen molar-refractivity contribution in [3.8, 4) is 5.75 Å². The van der Waals surface area contributed by atoms with Crippen LogP contribution in [0.15, 0.2) is 18.2 Å². The number of methoxy groups -OCH3 is 2. The lowest BCUT2D eigenvalue weighted by Gasteiger charge is -2.09. The van der Waals surface area contributed by atoms with Crippen LogP contribution in [0.25, 0.3) is 0 Å². The average Bonchev–Trinajstić information content (AvgIpc) is 2.29. The highest BCUT2D eigenvalue weighted by Crippen LogP contribution is 2.25. The first-order valence-electron chi connectivity index (χ1n) is 5.27. The molecule has 0 saturated carbocycles. The van der Waals surface area contributed by atoms with Crippen LogP contribution < -0.4 is 10.5 Å². The summed E-state index contributed by atoms with van der Waals surface area (Å²) in [6, 6.07) is 5.75. The number of rotatable bonds is 7. The largest absolute Gasteiger partial charge is 0.496 e. The number of nitrogens with two attached hydrogens (primary N) is 1. The fourth-order valence-electron chi connectivity index (χ4n) is 1.40. The lowest BCUT2D eigenvalue weighted by atomic mass is 10.2. The van der Waals surface area contributed by atoms with Gasteiger partial charge in [0.25, 0.3) is 0 Å². The first kappa shape index (κ1) is 13.2. The van der Waals surface area contributed by atoms with Crippen LogP contribution in [0.1, 0.15) is 12.0 Å². The minimum Gasteiger partial charge on any atom is -0.496 e. The van der Waals surface area contributed by atoms with Crippen LogP contribution in [0, 0.1) is 0 Å².